The van der Waals surface area contributed by atoms with Crippen molar-refractivity contribution in [2.45, 2.75) is 96.8 Å². The predicted octanol–water partition coefficient (Wildman–Crippen LogP) is 9.54. The van der Waals surface area contributed by atoms with Gasteiger partial charge < -0.3 is 24.3 Å². The van der Waals surface area contributed by atoms with E-state index in [4.69, 9.17) is 30.5 Å². The highest BCUT2D eigenvalue weighted by molar-refractivity contribution is 7.88. The molecule has 1 fully saturated rings. The second kappa shape index (κ2) is 17.5. The van der Waals surface area contributed by atoms with Gasteiger partial charge in [-0.15, -0.1) is 11.3 Å². The molecule has 5 rings (SSSR count). The number of nitrogens with one attached hydrogen (secondary N) is 2. The highest BCUT2D eigenvalue weighted by Crippen LogP contribution is 2.47. The molecule has 2 heterocycles. The molecule has 12 nitrogen and oxygen atoms in total. The Hall–Kier alpha value is -4.63. The molecule has 3 aromatic carbocycles. The minimum atomic E-state index is -3.75. The van der Waals surface area contributed by atoms with Crippen LogP contribution in [0.5, 0.6) is 11.5 Å². The molecule has 1 aliphatic rings. The minimum Gasteiger partial charge on any atom is -0.479 e. The van der Waals surface area contributed by atoms with Crippen LogP contribution in [0.4, 0.5) is 16.2 Å². The average Bonchev–Trinajstić information content (AvgIpc) is 3.41. The molecule has 4 aromatic rings. The SMILES string of the molecule is CC(C)(C)OC(=O)COc1c(C(=O)OC(C)(C)C)sc(-c2cccc(NC3CCN(S(=O)(=O)Cc4cccc(NC(=O)Oc5ccccc5)c4)C(C)(C)C3)c2)c1Cl. The second-order valence-electron chi connectivity index (χ2n) is 16.4. The van der Waals surface area contributed by atoms with E-state index >= 15 is 0 Å². The fourth-order valence-electron chi connectivity index (χ4n) is 6.45. The Balaban J connectivity index is 1.27. The largest absolute Gasteiger partial charge is 0.479 e. The second-order valence-corrected chi connectivity index (χ2v) is 19.7. The van der Waals surface area contributed by atoms with Crippen LogP contribution < -0.4 is 20.1 Å². The molecule has 1 aromatic heterocycles. The molecule has 1 unspecified atom stereocenters. The molecule has 1 atom stereocenters. The van der Waals surface area contributed by atoms with Gasteiger partial charge in [0.15, 0.2) is 17.2 Å². The summed E-state index contributed by atoms with van der Waals surface area (Å²) in [6.45, 7) is 14.2. The van der Waals surface area contributed by atoms with Crippen LogP contribution in [0, 0.1) is 0 Å². The smallest absolute Gasteiger partial charge is 0.417 e. The van der Waals surface area contributed by atoms with Gasteiger partial charge in [-0.1, -0.05) is 54.1 Å². The molecule has 1 amide bonds. The lowest BCUT2D eigenvalue weighted by Crippen LogP contribution is -2.55. The van der Waals surface area contributed by atoms with Crippen molar-refractivity contribution in [1.29, 1.82) is 0 Å². The van der Waals surface area contributed by atoms with E-state index in [0.717, 1.165) is 17.0 Å². The topological polar surface area (TPSA) is 150 Å². The first-order chi connectivity index (χ1) is 26.6. The molecule has 0 bridgehead atoms. The van der Waals surface area contributed by atoms with Crippen LogP contribution in [0.15, 0.2) is 78.9 Å². The van der Waals surface area contributed by atoms with E-state index in [-0.39, 0.29) is 27.4 Å². The maximum absolute atomic E-state index is 13.9. The first kappa shape index (κ1) is 43.5. The van der Waals surface area contributed by atoms with Gasteiger partial charge in [-0.3, -0.25) is 5.32 Å². The summed E-state index contributed by atoms with van der Waals surface area (Å²) >= 11 is 7.98. The number of thiophene rings is 1. The van der Waals surface area contributed by atoms with Gasteiger partial charge in [-0.05, 0) is 116 Å². The van der Waals surface area contributed by atoms with E-state index in [1.807, 2.05) is 44.2 Å². The molecule has 1 saturated heterocycles. The number of hydrogen-bond acceptors (Lipinski definition) is 11. The summed E-state index contributed by atoms with van der Waals surface area (Å²) in [4.78, 5) is 38.9. The summed E-state index contributed by atoms with van der Waals surface area (Å²) in [7, 11) is -3.75. The Bertz CT molecular complexity index is 2190. The number of halogens is 1. The van der Waals surface area contributed by atoms with Crippen molar-refractivity contribution in [3.05, 3.63) is 94.3 Å². The number of ether oxygens (including phenoxy) is 4. The first-order valence-corrected chi connectivity index (χ1v) is 21.3. The molecule has 1 aliphatic heterocycles. The van der Waals surface area contributed by atoms with E-state index in [2.05, 4.69) is 10.6 Å². The van der Waals surface area contributed by atoms with Gasteiger partial charge in [0.25, 0.3) is 0 Å². The molecule has 0 radical (unpaired) electrons. The van der Waals surface area contributed by atoms with Crippen molar-refractivity contribution in [3.8, 4) is 21.9 Å². The molecule has 57 heavy (non-hydrogen) atoms. The number of rotatable bonds is 12. The normalized spacial score (nSPS) is 16.0. The number of carbonyl (C=O) groups is 3. The summed E-state index contributed by atoms with van der Waals surface area (Å²) in [6.07, 6.45) is 0.389. The molecular weight excluding hydrogens is 790 g/mol. The number of para-hydroxylation sites is 1. The van der Waals surface area contributed by atoms with Crippen molar-refractivity contribution in [1.82, 2.24) is 4.31 Å². The summed E-state index contributed by atoms with van der Waals surface area (Å²) < 4.78 is 51.4. The third-order valence-electron chi connectivity index (χ3n) is 8.56. The molecule has 2 N–H and O–H groups in total. The Morgan fingerprint density at radius 1 is 0.895 bits per heavy atom. The number of anilines is 2. The summed E-state index contributed by atoms with van der Waals surface area (Å²) in [5, 5.41) is 6.40. The summed E-state index contributed by atoms with van der Waals surface area (Å²) in [5.74, 6) is -1.06. The number of piperidine rings is 1. The zero-order chi connectivity index (χ0) is 41.8. The predicted molar refractivity (Wildman–Crippen MR) is 224 cm³/mol. The van der Waals surface area contributed by atoms with Crippen molar-refractivity contribution in [2.24, 2.45) is 0 Å². The lowest BCUT2D eigenvalue weighted by molar-refractivity contribution is -0.157. The highest BCUT2D eigenvalue weighted by Gasteiger charge is 2.41. The quantitative estimate of drug-likeness (QED) is 0.132. The van der Waals surface area contributed by atoms with Gasteiger partial charge in [0, 0.05) is 29.5 Å². The maximum Gasteiger partial charge on any atom is 0.417 e. The number of carbonyl (C=O) groups excluding carboxylic acids is 3. The molecule has 0 saturated carbocycles. The van der Waals surface area contributed by atoms with E-state index < -0.39 is 51.4 Å². The highest BCUT2D eigenvalue weighted by atomic mass is 35.5. The third kappa shape index (κ3) is 12.2. The third-order valence-corrected chi connectivity index (χ3v) is 12.3. The van der Waals surface area contributed by atoms with Crippen LogP contribution in [-0.2, 0) is 30.0 Å². The molecular formula is C42H50ClN3O9S2. The number of amides is 1. The Kier molecular flexibility index (Phi) is 13.3. The number of hydrogen-bond donors (Lipinski definition) is 2. The molecule has 0 spiro atoms. The van der Waals surface area contributed by atoms with Crippen LogP contribution in [0.2, 0.25) is 5.02 Å². The average molecular weight is 840 g/mol. The van der Waals surface area contributed by atoms with E-state index in [0.29, 0.717) is 46.8 Å². The standard InChI is InChI=1S/C42H50ClN3O9S2/c1-40(2,3)54-33(47)25-52-35-34(43)36(56-37(35)38(48)55-41(4,5)6)28-15-13-17-30(23-28)44-31-20-21-46(42(7,8)24-31)57(50,51)26-27-14-12-16-29(22-27)45-39(49)53-32-18-10-9-11-19-32/h9-19,22-23,31,44H,20-21,24-26H2,1-8H3,(H,45,49). The zero-order valence-corrected chi connectivity index (χ0v) is 35.8. The van der Waals surface area contributed by atoms with Crippen LogP contribution in [0.3, 0.4) is 0 Å². The van der Waals surface area contributed by atoms with Crippen LogP contribution in [-0.4, -0.2) is 66.7 Å². The fraction of sp³-hybridized carbons (Fsp3) is 0.405. The van der Waals surface area contributed by atoms with Gasteiger partial charge in [0.05, 0.1) is 10.6 Å². The molecule has 306 valence electrons. The summed E-state index contributed by atoms with van der Waals surface area (Å²) in [6, 6.07) is 22.8. The van der Waals surface area contributed by atoms with Crippen LogP contribution in [0.1, 0.15) is 83.5 Å². The van der Waals surface area contributed by atoms with Gasteiger partial charge in [0.1, 0.15) is 22.0 Å². The van der Waals surface area contributed by atoms with Gasteiger partial charge in [0.2, 0.25) is 10.0 Å². The Morgan fingerprint density at radius 2 is 1.56 bits per heavy atom. The fourth-order valence-corrected chi connectivity index (χ4v) is 9.85. The van der Waals surface area contributed by atoms with E-state index in [1.165, 1.54) is 0 Å². The first-order valence-electron chi connectivity index (χ1n) is 18.5. The maximum atomic E-state index is 13.9. The van der Waals surface area contributed by atoms with Crippen molar-refractivity contribution in [3.63, 3.8) is 0 Å². The van der Waals surface area contributed by atoms with Crippen LogP contribution in [0.25, 0.3) is 10.4 Å². The number of nitrogens with zero attached hydrogens (tertiary/aromatic N) is 1. The lowest BCUT2D eigenvalue weighted by Gasteiger charge is -2.45. The van der Waals surface area contributed by atoms with E-state index in [9.17, 15) is 22.8 Å². The van der Waals surface area contributed by atoms with Gasteiger partial charge >= 0.3 is 18.0 Å². The summed E-state index contributed by atoms with van der Waals surface area (Å²) in [5.41, 5.74) is 0.199. The van der Waals surface area contributed by atoms with Crippen molar-refractivity contribution in [2.75, 3.05) is 23.8 Å². The number of esters is 2. The monoisotopic (exact) mass is 839 g/mol. The minimum absolute atomic E-state index is 0.0408. The van der Waals surface area contributed by atoms with E-state index in [1.54, 1.807) is 94.4 Å². The molecule has 0 aliphatic carbocycles. The Morgan fingerprint density at radius 3 is 2.23 bits per heavy atom. The number of benzene rings is 3. The van der Waals surface area contributed by atoms with Crippen molar-refractivity contribution >= 4 is 62.4 Å². The number of sulfonamides is 1. The lowest BCUT2D eigenvalue weighted by atomic mass is 9.89. The van der Waals surface area contributed by atoms with Gasteiger partial charge in [-0.2, -0.15) is 4.31 Å². The van der Waals surface area contributed by atoms with Crippen molar-refractivity contribution < 1.29 is 41.7 Å². The van der Waals surface area contributed by atoms with Crippen LogP contribution >= 0.6 is 22.9 Å². The molecule has 15 heteroatoms. The zero-order valence-electron chi connectivity index (χ0n) is 33.4. The Labute approximate surface area is 343 Å². The van der Waals surface area contributed by atoms with Gasteiger partial charge in [-0.25, -0.2) is 22.8 Å².